The van der Waals surface area contributed by atoms with E-state index in [0.717, 1.165) is 28.5 Å². The van der Waals surface area contributed by atoms with Crippen LogP contribution in [0.2, 0.25) is 0 Å². The van der Waals surface area contributed by atoms with Gasteiger partial charge in [-0.15, -0.1) is 0 Å². The highest BCUT2D eigenvalue weighted by Crippen LogP contribution is 2.45. The number of benzene rings is 1. The van der Waals surface area contributed by atoms with E-state index in [0.29, 0.717) is 6.10 Å². The Morgan fingerprint density at radius 1 is 1.10 bits per heavy atom. The Balaban J connectivity index is 1.43. The number of nitrogens with zero attached hydrogens (tertiary/aromatic N) is 2. The highest BCUT2D eigenvalue weighted by molar-refractivity contribution is 7.20. The average molecular weight is 286 g/mol. The van der Waals surface area contributed by atoms with Gasteiger partial charge < -0.3 is 9.64 Å². The van der Waals surface area contributed by atoms with Crippen LogP contribution < -0.4 is 4.74 Å². The summed E-state index contributed by atoms with van der Waals surface area (Å²) >= 11 is 1.69. The number of para-hydroxylation sites is 1. The molecule has 1 aromatic heterocycles. The molecule has 0 spiro atoms. The predicted octanol–water partition coefficient (Wildman–Crippen LogP) is 3.02. The molecule has 4 bridgehead atoms. The van der Waals surface area contributed by atoms with Gasteiger partial charge in [-0.3, -0.25) is 0 Å². The molecule has 4 heteroatoms. The normalized spacial score (nSPS) is 38.5. The number of ether oxygens (including phenoxy) is 1. The zero-order valence-electron chi connectivity index (χ0n) is 11.4. The zero-order chi connectivity index (χ0) is 13.1. The van der Waals surface area contributed by atoms with Crippen molar-refractivity contribution in [3.63, 3.8) is 0 Å². The molecule has 0 unspecified atom stereocenters. The van der Waals surface area contributed by atoms with E-state index in [1.165, 1.54) is 37.2 Å². The van der Waals surface area contributed by atoms with Crippen LogP contribution in [-0.4, -0.2) is 35.6 Å². The van der Waals surface area contributed by atoms with Crippen LogP contribution in [0.5, 0.6) is 5.19 Å². The third-order valence-electron chi connectivity index (χ3n) is 5.21. The van der Waals surface area contributed by atoms with E-state index in [-0.39, 0.29) is 0 Å². The molecule has 0 N–H and O–H groups in total. The van der Waals surface area contributed by atoms with Crippen molar-refractivity contribution in [2.45, 2.75) is 18.9 Å². The molecule has 0 radical (unpaired) electrons. The van der Waals surface area contributed by atoms with Crippen molar-refractivity contribution in [2.24, 2.45) is 17.8 Å². The van der Waals surface area contributed by atoms with Crippen molar-refractivity contribution in [3.05, 3.63) is 24.3 Å². The molecule has 2 aromatic rings. The predicted molar refractivity (Wildman–Crippen MR) is 80.2 cm³/mol. The maximum Gasteiger partial charge on any atom is 0.274 e. The Hall–Kier alpha value is -1.13. The molecule has 4 aliphatic rings. The topological polar surface area (TPSA) is 25.4 Å². The molecule has 0 amide bonds. The lowest BCUT2D eigenvalue weighted by Crippen LogP contribution is -2.61. The molecule has 6 rings (SSSR count). The molecule has 20 heavy (non-hydrogen) atoms. The van der Waals surface area contributed by atoms with Gasteiger partial charge in [0.1, 0.15) is 6.10 Å². The van der Waals surface area contributed by atoms with E-state index >= 15 is 0 Å². The number of hydrogen-bond acceptors (Lipinski definition) is 4. The summed E-state index contributed by atoms with van der Waals surface area (Å²) in [7, 11) is 0. The summed E-state index contributed by atoms with van der Waals surface area (Å²) in [6, 6.07) is 8.31. The van der Waals surface area contributed by atoms with E-state index in [2.05, 4.69) is 28.1 Å². The van der Waals surface area contributed by atoms with E-state index in [1.807, 2.05) is 6.07 Å². The number of fused-ring (bicyclic) bond motifs is 1. The standard InChI is InChI=1S/C16H18N2OS/c1-2-4-14-13(3-1)17-16(20-14)19-15-11-5-10-6-12(15)9-18(7-10)8-11/h1-4,10-12,15H,5-9H2/t10?,11-,12-,15?/m0/s1. The lowest BCUT2D eigenvalue weighted by molar-refractivity contribution is -0.0984. The highest BCUT2D eigenvalue weighted by atomic mass is 32.1. The van der Waals surface area contributed by atoms with Crippen molar-refractivity contribution < 1.29 is 4.74 Å². The fourth-order valence-corrected chi connectivity index (χ4v) is 5.43. The summed E-state index contributed by atoms with van der Waals surface area (Å²) in [5.74, 6) is 2.39. The minimum Gasteiger partial charge on any atom is -0.466 e. The van der Waals surface area contributed by atoms with Gasteiger partial charge in [0.2, 0.25) is 0 Å². The van der Waals surface area contributed by atoms with Crippen LogP contribution in [0.15, 0.2) is 24.3 Å². The quantitative estimate of drug-likeness (QED) is 0.848. The summed E-state index contributed by atoms with van der Waals surface area (Å²) in [4.78, 5) is 7.29. The van der Waals surface area contributed by atoms with Gasteiger partial charge in [0.05, 0.1) is 10.2 Å². The van der Waals surface area contributed by atoms with Gasteiger partial charge in [0, 0.05) is 31.5 Å². The van der Waals surface area contributed by atoms with Crippen LogP contribution in [0.1, 0.15) is 12.8 Å². The minimum absolute atomic E-state index is 0.406. The summed E-state index contributed by atoms with van der Waals surface area (Å²) in [6.45, 7) is 3.81. The van der Waals surface area contributed by atoms with Gasteiger partial charge in [0.25, 0.3) is 5.19 Å². The maximum atomic E-state index is 6.36. The Bertz CT molecular complexity index is 592. The number of hydrogen-bond donors (Lipinski definition) is 0. The van der Waals surface area contributed by atoms with Crippen molar-refractivity contribution in [1.29, 1.82) is 0 Å². The van der Waals surface area contributed by atoms with Crippen molar-refractivity contribution >= 4 is 21.6 Å². The van der Waals surface area contributed by atoms with Crippen LogP contribution in [0.25, 0.3) is 10.2 Å². The Kier molecular flexibility index (Phi) is 2.41. The molecule has 4 fully saturated rings. The van der Waals surface area contributed by atoms with E-state index in [9.17, 15) is 0 Å². The maximum absolute atomic E-state index is 6.36. The number of rotatable bonds is 2. The molecule has 3 nitrogen and oxygen atoms in total. The van der Waals surface area contributed by atoms with Crippen molar-refractivity contribution in [3.8, 4) is 5.19 Å². The average Bonchev–Trinajstić information content (AvgIpc) is 2.84. The summed E-state index contributed by atoms with van der Waals surface area (Å²) in [6.07, 6.45) is 3.13. The largest absolute Gasteiger partial charge is 0.466 e. The Labute approximate surface area is 122 Å². The third-order valence-corrected chi connectivity index (χ3v) is 6.14. The summed E-state index contributed by atoms with van der Waals surface area (Å²) < 4.78 is 7.59. The van der Waals surface area contributed by atoms with Crippen LogP contribution in [-0.2, 0) is 0 Å². The number of piperidine rings is 3. The number of aromatic nitrogens is 1. The number of thiazole rings is 1. The fraction of sp³-hybridized carbons (Fsp3) is 0.562. The monoisotopic (exact) mass is 286 g/mol. The van der Waals surface area contributed by atoms with Gasteiger partial charge in [-0.2, -0.15) is 0 Å². The summed E-state index contributed by atoms with van der Waals surface area (Å²) in [5.41, 5.74) is 1.07. The third kappa shape index (κ3) is 1.71. The molecule has 1 aliphatic carbocycles. The fourth-order valence-electron chi connectivity index (χ4n) is 4.57. The SMILES string of the molecule is c1ccc2sc(OC3[C@H]4CC5C[C@H]3CN(C5)C4)nc2c1. The van der Waals surface area contributed by atoms with Gasteiger partial charge in [-0.05, 0) is 30.9 Å². The van der Waals surface area contributed by atoms with E-state index < -0.39 is 0 Å². The molecule has 104 valence electrons. The van der Waals surface area contributed by atoms with Crippen molar-refractivity contribution in [2.75, 3.05) is 19.6 Å². The second-order valence-electron chi connectivity index (χ2n) is 6.61. The molecule has 4 heterocycles. The van der Waals surface area contributed by atoms with Gasteiger partial charge >= 0.3 is 0 Å². The second kappa shape index (κ2) is 4.18. The molecular weight excluding hydrogens is 268 g/mol. The molecule has 1 saturated carbocycles. The lowest BCUT2D eigenvalue weighted by atomic mass is 9.66. The Morgan fingerprint density at radius 2 is 1.90 bits per heavy atom. The van der Waals surface area contributed by atoms with E-state index in [1.54, 1.807) is 11.3 Å². The minimum atomic E-state index is 0.406. The smallest absolute Gasteiger partial charge is 0.274 e. The first-order valence-corrected chi connectivity index (χ1v) is 8.41. The first kappa shape index (κ1) is 11.5. The van der Waals surface area contributed by atoms with Crippen molar-refractivity contribution in [1.82, 2.24) is 9.88 Å². The van der Waals surface area contributed by atoms with E-state index in [4.69, 9.17) is 4.74 Å². The molecule has 1 aromatic carbocycles. The van der Waals surface area contributed by atoms with Gasteiger partial charge in [-0.1, -0.05) is 23.5 Å². The van der Waals surface area contributed by atoms with Crippen LogP contribution in [0, 0.1) is 17.8 Å². The molecule has 3 saturated heterocycles. The molecular formula is C16H18N2OS. The van der Waals surface area contributed by atoms with Crippen LogP contribution >= 0.6 is 11.3 Å². The van der Waals surface area contributed by atoms with Gasteiger partial charge in [0.15, 0.2) is 0 Å². The molecule has 2 atom stereocenters. The molecule has 3 aliphatic heterocycles. The first-order valence-electron chi connectivity index (χ1n) is 7.60. The zero-order valence-corrected chi connectivity index (χ0v) is 12.2. The van der Waals surface area contributed by atoms with Crippen LogP contribution in [0.4, 0.5) is 0 Å². The van der Waals surface area contributed by atoms with Gasteiger partial charge in [-0.25, -0.2) is 4.98 Å². The highest BCUT2D eigenvalue weighted by Gasteiger charge is 2.48. The van der Waals surface area contributed by atoms with Crippen LogP contribution in [0.3, 0.4) is 0 Å². The Morgan fingerprint density at radius 3 is 2.65 bits per heavy atom. The lowest BCUT2D eigenvalue weighted by Gasteiger charge is -2.55. The second-order valence-corrected chi connectivity index (χ2v) is 7.60. The summed E-state index contributed by atoms with van der Waals surface area (Å²) in [5, 5.41) is 0.874. The first-order chi connectivity index (χ1) is 9.85.